The average molecular weight is 329 g/mol. The third kappa shape index (κ3) is 3.29. The second kappa shape index (κ2) is 6.48. The van der Waals surface area contributed by atoms with E-state index < -0.39 is 0 Å². The van der Waals surface area contributed by atoms with Crippen molar-refractivity contribution in [1.82, 2.24) is 15.3 Å². The Morgan fingerprint density at radius 1 is 0.920 bits per heavy atom. The van der Waals surface area contributed by atoms with Crippen molar-refractivity contribution >= 4 is 5.91 Å². The molecule has 0 radical (unpaired) electrons. The van der Waals surface area contributed by atoms with Crippen molar-refractivity contribution in [1.29, 1.82) is 0 Å². The number of nitrogens with one attached hydrogen (secondary N) is 1. The summed E-state index contributed by atoms with van der Waals surface area (Å²) in [5.74, 6) is 0.502. The number of rotatable bonds is 5. The van der Waals surface area contributed by atoms with Gasteiger partial charge < -0.3 is 5.32 Å². The maximum Gasteiger partial charge on any atom is 0.254 e. The summed E-state index contributed by atoms with van der Waals surface area (Å²) in [6.45, 7) is 0.649. The van der Waals surface area contributed by atoms with Gasteiger partial charge >= 0.3 is 0 Å². The van der Waals surface area contributed by atoms with Gasteiger partial charge in [-0.25, -0.2) is 9.97 Å². The van der Waals surface area contributed by atoms with Gasteiger partial charge in [0.05, 0.1) is 5.56 Å². The smallest absolute Gasteiger partial charge is 0.254 e. The van der Waals surface area contributed by atoms with Crippen molar-refractivity contribution in [2.75, 3.05) is 6.54 Å². The Balaban J connectivity index is 1.42. The Hall–Kier alpha value is -3.01. The largest absolute Gasteiger partial charge is 0.351 e. The van der Waals surface area contributed by atoms with E-state index in [-0.39, 0.29) is 11.3 Å². The van der Waals surface area contributed by atoms with Gasteiger partial charge in [-0.15, -0.1) is 0 Å². The summed E-state index contributed by atoms with van der Waals surface area (Å²) in [5.41, 5.74) is 2.83. The van der Waals surface area contributed by atoms with Crippen LogP contribution >= 0.6 is 0 Å². The second-order valence-electron chi connectivity index (χ2n) is 6.49. The Morgan fingerprint density at radius 2 is 1.52 bits per heavy atom. The van der Waals surface area contributed by atoms with Crippen LogP contribution < -0.4 is 5.32 Å². The zero-order chi connectivity index (χ0) is 17.1. The lowest BCUT2D eigenvalue weighted by molar-refractivity contribution is 0.0949. The minimum Gasteiger partial charge on any atom is -0.351 e. The van der Waals surface area contributed by atoms with Crippen LogP contribution in [0.1, 0.15) is 28.8 Å². The first-order valence-corrected chi connectivity index (χ1v) is 8.48. The fraction of sp³-hybridized carbons (Fsp3) is 0.190. The van der Waals surface area contributed by atoms with Gasteiger partial charge in [0.15, 0.2) is 5.82 Å². The maximum atomic E-state index is 12.4. The van der Waals surface area contributed by atoms with E-state index in [4.69, 9.17) is 0 Å². The molecule has 124 valence electrons. The van der Waals surface area contributed by atoms with Crippen molar-refractivity contribution in [2.45, 2.75) is 18.3 Å². The van der Waals surface area contributed by atoms with Crippen LogP contribution in [-0.2, 0) is 5.41 Å². The first-order chi connectivity index (χ1) is 12.3. The highest BCUT2D eigenvalue weighted by atomic mass is 16.1. The lowest BCUT2D eigenvalue weighted by Crippen LogP contribution is -2.32. The maximum absolute atomic E-state index is 12.4. The van der Waals surface area contributed by atoms with Crippen molar-refractivity contribution in [3.05, 3.63) is 84.2 Å². The van der Waals surface area contributed by atoms with E-state index in [1.54, 1.807) is 12.4 Å². The number of benzene rings is 2. The normalized spacial score (nSPS) is 14.7. The number of carbonyl (C=O) groups excluding carboxylic acids is 1. The van der Waals surface area contributed by atoms with Gasteiger partial charge in [-0.05, 0) is 18.4 Å². The molecule has 0 spiro atoms. The van der Waals surface area contributed by atoms with Crippen LogP contribution in [-0.4, -0.2) is 22.4 Å². The SMILES string of the molecule is O=C(NCC1(c2ccccc2)CC1)c1cnc(-c2ccccc2)nc1. The summed E-state index contributed by atoms with van der Waals surface area (Å²) in [7, 11) is 0. The van der Waals surface area contributed by atoms with E-state index in [1.165, 1.54) is 5.56 Å². The number of hydrogen-bond donors (Lipinski definition) is 1. The summed E-state index contributed by atoms with van der Waals surface area (Å²) in [6.07, 6.45) is 5.40. The van der Waals surface area contributed by atoms with Gasteiger partial charge in [-0.3, -0.25) is 4.79 Å². The lowest BCUT2D eigenvalue weighted by atomic mass is 9.96. The number of carbonyl (C=O) groups is 1. The van der Waals surface area contributed by atoms with Crippen LogP contribution in [0.2, 0.25) is 0 Å². The van der Waals surface area contributed by atoms with Gasteiger partial charge in [0.2, 0.25) is 0 Å². The van der Waals surface area contributed by atoms with E-state index in [1.807, 2.05) is 48.5 Å². The van der Waals surface area contributed by atoms with E-state index in [9.17, 15) is 4.79 Å². The topological polar surface area (TPSA) is 54.9 Å². The number of aromatic nitrogens is 2. The molecule has 0 saturated heterocycles. The van der Waals surface area contributed by atoms with Gasteiger partial charge in [0.25, 0.3) is 5.91 Å². The predicted octanol–water partition coefficient (Wildman–Crippen LogP) is 3.61. The molecule has 1 aliphatic rings. The van der Waals surface area contributed by atoms with E-state index in [2.05, 4.69) is 27.4 Å². The van der Waals surface area contributed by atoms with Gasteiger partial charge in [0.1, 0.15) is 0 Å². The molecule has 1 saturated carbocycles. The zero-order valence-corrected chi connectivity index (χ0v) is 13.9. The molecule has 1 fully saturated rings. The summed E-state index contributed by atoms with van der Waals surface area (Å²) < 4.78 is 0. The van der Waals surface area contributed by atoms with Crippen LogP contribution in [0.15, 0.2) is 73.1 Å². The van der Waals surface area contributed by atoms with Crippen molar-refractivity contribution in [3.8, 4) is 11.4 Å². The summed E-state index contributed by atoms with van der Waals surface area (Å²) in [4.78, 5) is 21.0. The summed E-state index contributed by atoms with van der Waals surface area (Å²) in [5, 5.41) is 3.04. The van der Waals surface area contributed by atoms with Crippen LogP contribution in [0.3, 0.4) is 0 Å². The highest BCUT2D eigenvalue weighted by Crippen LogP contribution is 2.47. The monoisotopic (exact) mass is 329 g/mol. The quantitative estimate of drug-likeness (QED) is 0.778. The fourth-order valence-corrected chi connectivity index (χ4v) is 3.04. The zero-order valence-electron chi connectivity index (χ0n) is 13.9. The van der Waals surface area contributed by atoms with E-state index in [0.717, 1.165) is 18.4 Å². The molecule has 0 unspecified atom stereocenters. The highest BCUT2D eigenvalue weighted by Gasteiger charge is 2.44. The van der Waals surface area contributed by atoms with Gasteiger partial charge in [0, 0.05) is 29.9 Å². The molecule has 4 nitrogen and oxygen atoms in total. The van der Waals surface area contributed by atoms with Crippen molar-refractivity contribution in [2.24, 2.45) is 0 Å². The number of nitrogens with zero attached hydrogens (tertiary/aromatic N) is 2. The predicted molar refractivity (Wildman–Crippen MR) is 97.2 cm³/mol. The highest BCUT2D eigenvalue weighted by molar-refractivity contribution is 5.93. The average Bonchev–Trinajstić information content (AvgIpc) is 3.49. The van der Waals surface area contributed by atoms with Gasteiger partial charge in [-0.2, -0.15) is 0 Å². The summed E-state index contributed by atoms with van der Waals surface area (Å²) in [6, 6.07) is 20.1. The van der Waals surface area contributed by atoms with Gasteiger partial charge in [-0.1, -0.05) is 60.7 Å². The number of amides is 1. The Morgan fingerprint density at radius 3 is 2.12 bits per heavy atom. The first-order valence-electron chi connectivity index (χ1n) is 8.48. The Kier molecular flexibility index (Phi) is 4.02. The second-order valence-corrected chi connectivity index (χ2v) is 6.49. The minimum atomic E-state index is -0.123. The molecule has 0 aliphatic heterocycles. The molecule has 1 aromatic heterocycles. The van der Waals surface area contributed by atoms with Crippen molar-refractivity contribution < 1.29 is 4.79 Å². The van der Waals surface area contributed by atoms with Crippen LogP contribution in [0, 0.1) is 0 Å². The molecule has 4 heteroatoms. The van der Waals surface area contributed by atoms with E-state index >= 15 is 0 Å². The van der Waals surface area contributed by atoms with Crippen LogP contribution in [0.4, 0.5) is 0 Å². The molecule has 25 heavy (non-hydrogen) atoms. The molecule has 1 N–H and O–H groups in total. The molecule has 3 aromatic rings. The van der Waals surface area contributed by atoms with Crippen molar-refractivity contribution in [3.63, 3.8) is 0 Å². The Labute approximate surface area is 147 Å². The fourth-order valence-electron chi connectivity index (χ4n) is 3.04. The third-order valence-corrected chi connectivity index (χ3v) is 4.77. The molecule has 1 amide bonds. The Bertz CT molecular complexity index is 857. The number of hydrogen-bond acceptors (Lipinski definition) is 3. The van der Waals surface area contributed by atoms with Crippen LogP contribution in [0.25, 0.3) is 11.4 Å². The summed E-state index contributed by atoms with van der Waals surface area (Å²) >= 11 is 0. The third-order valence-electron chi connectivity index (χ3n) is 4.77. The molecular weight excluding hydrogens is 310 g/mol. The molecule has 0 atom stereocenters. The van der Waals surface area contributed by atoms with E-state index in [0.29, 0.717) is 17.9 Å². The molecule has 1 aliphatic carbocycles. The molecule has 2 aromatic carbocycles. The molecule has 1 heterocycles. The molecular formula is C21H19N3O. The minimum absolute atomic E-state index is 0.0990. The molecule has 0 bridgehead atoms. The standard InChI is InChI=1S/C21H19N3O/c25-20(24-15-21(11-12-21)18-9-5-2-6-10-18)17-13-22-19(23-14-17)16-7-3-1-4-8-16/h1-10,13-14H,11-12,15H2,(H,24,25). The molecule has 4 rings (SSSR count). The lowest BCUT2D eigenvalue weighted by Gasteiger charge is -2.16. The first kappa shape index (κ1) is 15.5. The van der Waals surface area contributed by atoms with Crippen LogP contribution in [0.5, 0.6) is 0 Å².